The van der Waals surface area contributed by atoms with Gasteiger partial charge in [0, 0.05) is 18.0 Å². The number of rotatable bonds is 6. The SMILES string of the molecule is COc1ccc(C(=O)C(C)OC(=O)c2c(C)oc(-n3cccc3)c2C#N)cc1. The third-order valence-electron chi connectivity index (χ3n) is 4.25. The number of aromatic nitrogens is 1. The van der Waals surface area contributed by atoms with E-state index in [1.54, 1.807) is 60.3 Å². The Morgan fingerprint density at radius 1 is 1.18 bits per heavy atom. The number of aryl methyl sites for hydroxylation is 1. The topological polar surface area (TPSA) is 94.5 Å². The van der Waals surface area contributed by atoms with Crippen molar-refractivity contribution >= 4 is 11.8 Å². The largest absolute Gasteiger partial charge is 0.497 e. The molecule has 3 rings (SSSR count). The van der Waals surface area contributed by atoms with Crippen LogP contribution in [0.15, 0.2) is 53.2 Å². The summed E-state index contributed by atoms with van der Waals surface area (Å²) in [4.78, 5) is 25.2. The van der Waals surface area contributed by atoms with Gasteiger partial charge in [0.1, 0.15) is 28.7 Å². The fourth-order valence-corrected chi connectivity index (χ4v) is 2.79. The maximum absolute atomic E-state index is 12.7. The van der Waals surface area contributed by atoms with Crippen molar-refractivity contribution in [2.24, 2.45) is 0 Å². The van der Waals surface area contributed by atoms with Crippen LogP contribution in [0.25, 0.3) is 5.88 Å². The number of carbonyl (C=O) groups excluding carboxylic acids is 2. The van der Waals surface area contributed by atoms with Crippen LogP contribution >= 0.6 is 0 Å². The molecule has 2 heterocycles. The number of nitrogens with zero attached hydrogens (tertiary/aromatic N) is 2. The number of furan rings is 1. The first-order valence-electron chi connectivity index (χ1n) is 8.52. The number of methoxy groups -OCH3 is 1. The highest BCUT2D eigenvalue weighted by atomic mass is 16.5. The van der Waals surface area contributed by atoms with Gasteiger partial charge in [0.05, 0.1) is 7.11 Å². The summed E-state index contributed by atoms with van der Waals surface area (Å²) in [7, 11) is 1.53. The van der Waals surface area contributed by atoms with E-state index in [0.717, 1.165) is 0 Å². The van der Waals surface area contributed by atoms with Crippen molar-refractivity contribution in [2.75, 3.05) is 7.11 Å². The van der Waals surface area contributed by atoms with Gasteiger partial charge in [0.15, 0.2) is 6.10 Å². The lowest BCUT2D eigenvalue weighted by molar-refractivity contribution is 0.0317. The molecule has 0 spiro atoms. The average Bonchev–Trinajstić information content (AvgIpc) is 3.34. The first kappa shape index (κ1) is 19.0. The van der Waals surface area contributed by atoms with Gasteiger partial charge in [-0.3, -0.25) is 9.36 Å². The number of benzene rings is 1. The fourth-order valence-electron chi connectivity index (χ4n) is 2.79. The Bertz CT molecular complexity index is 1040. The van der Waals surface area contributed by atoms with E-state index in [1.165, 1.54) is 14.0 Å². The Morgan fingerprint density at radius 3 is 2.39 bits per heavy atom. The lowest BCUT2D eigenvalue weighted by Crippen LogP contribution is -2.25. The molecule has 3 aromatic rings. The first-order chi connectivity index (χ1) is 13.5. The van der Waals surface area contributed by atoms with Crippen LogP contribution in [0.5, 0.6) is 5.75 Å². The van der Waals surface area contributed by atoms with Crippen LogP contribution in [0, 0.1) is 18.3 Å². The number of esters is 1. The summed E-state index contributed by atoms with van der Waals surface area (Å²) < 4.78 is 17.6. The molecule has 0 N–H and O–H groups in total. The highest BCUT2D eigenvalue weighted by Gasteiger charge is 2.28. The minimum absolute atomic E-state index is 0.0144. The van der Waals surface area contributed by atoms with E-state index in [4.69, 9.17) is 13.9 Å². The van der Waals surface area contributed by atoms with Crippen molar-refractivity contribution < 1.29 is 23.5 Å². The summed E-state index contributed by atoms with van der Waals surface area (Å²) in [5.74, 6) is -0.0567. The van der Waals surface area contributed by atoms with Gasteiger partial charge in [-0.1, -0.05) is 0 Å². The molecule has 1 unspecified atom stereocenters. The summed E-state index contributed by atoms with van der Waals surface area (Å²) in [6.07, 6.45) is 2.37. The highest BCUT2D eigenvalue weighted by Crippen LogP contribution is 2.26. The number of ether oxygens (including phenoxy) is 2. The van der Waals surface area contributed by atoms with E-state index >= 15 is 0 Å². The molecule has 0 saturated heterocycles. The molecule has 28 heavy (non-hydrogen) atoms. The molecule has 0 aliphatic carbocycles. The molecular weight excluding hydrogens is 360 g/mol. The van der Waals surface area contributed by atoms with Crippen molar-refractivity contribution in [3.8, 4) is 17.7 Å². The van der Waals surface area contributed by atoms with Gasteiger partial charge in [0.25, 0.3) is 0 Å². The third kappa shape index (κ3) is 3.53. The Morgan fingerprint density at radius 2 is 1.82 bits per heavy atom. The van der Waals surface area contributed by atoms with Gasteiger partial charge in [-0.25, -0.2) is 4.79 Å². The second-order valence-electron chi connectivity index (χ2n) is 6.06. The molecule has 0 radical (unpaired) electrons. The van der Waals surface area contributed by atoms with E-state index in [0.29, 0.717) is 11.3 Å². The molecule has 0 bridgehead atoms. The van der Waals surface area contributed by atoms with Crippen LogP contribution in [0.3, 0.4) is 0 Å². The van der Waals surface area contributed by atoms with Gasteiger partial charge in [-0.2, -0.15) is 5.26 Å². The number of hydrogen-bond acceptors (Lipinski definition) is 6. The van der Waals surface area contributed by atoms with E-state index in [1.807, 2.05) is 6.07 Å². The summed E-state index contributed by atoms with van der Waals surface area (Å²) in [5, 5.41) is 9.52. The standard InChI is InChI=1S/C21H18N2O5/c1-13-18(17(12-22)20(27-13)23-10-4-5-11-23)21(25)28-14(2)19(24)15-6-8-16(26-3)9-7-15/h4-11,14H,1-3H3. The molecule has 7 heteroatoms. The predicted molar refractivity (Wildman–Crippen MR) is 99.7 cm³/mol. The minimum Gasteiger partial charge on any atom is -0.497 e. The lowest BCUT2D eigenvalue weighted by Gasteiger charge is -2.12. The molecule has 0 saturated carbocycles. The molecule has 0 aliphatic rings. The van der Waals surface area contributed by atoms with Crippen LogP contribution in [0.1, 0.15) is 39.0 Å². The second-order valence-corrected chi connectivity index (χ2v) is 6.06. The van der Waals surface area contributed by atoms with E-state index in [2.05, 4.69) is 0 Å². The van der Waals surface area contributed by atoms with Crippen LogP contribution < -0.4 is 4.74 Å². The number of nitriles is 1. The quantitative estimate of drug-likeness (QED) is 0.480. The van der Waals surface area contributed by atoms with E-state index in [-0.39, 0.29) is 28.6 Å². The van der Waals surface area contributed by atoms with E-state index in [9.17, 15) is 14.9 Å². The second kappa shape index (κ2) is 7.84. The Labute approximate surface area is 161 Å². The van der Waals surface area contributed by atoms with Crippen LogP contribution in [-0.2, 0) is 4.74 Å². The monoisotopic (exact) mass is 378 g/mol. The van der Waals surface area contributed by atoms with Crippen molar-refractivity contribution in [1.29, 1.82) is 5.26 Å². The molecule has 1 atom stereocenters. The zero-order valence-electron chi connectivity index (χ0n) is 15.6. The zero-order chi connectivity index (χ0) is 20.3. The summed E-state index contributed by atoms with van der Waals surface area (Å²) >= 11 is 0. The van der Waals surface area contributed by atoms with E-state index < -0.39 is 12.1 Å². The van der Waals surface area contributed by atoms with Crippen LogP contribution in [0.2, 0.25) is 0 Å². The first-order valence-corrected chi connectivity index (χ1v) is 8.52. The summed E-state index contributed by atoms with van der Waals surface area (Å²) in [6.45, 7) is 3.05. The normalized spacial score (nSPS) is 11.5. The molecule has 7 nitrogen and oxygen atoms in total. The number of hydrogen-bond donors (Lipinski definition) is 0. The summed E-state index contributed by atoms with van der Waals surface area (Å²) in [5.41, 5.74) is 0.460. The van der Waals surface area contributed by atoms with Crippen LogP contribution in [0.4, 0.5) is 0 Å². The molecule has 142 valence electrons. The molecular formula is C21H18N2O5. The van der Waals surface area contributed by atoms with Gasteiger partial charge >= 0.3 is 5.97 Å². The van der Waals surface area contributed by atoms with Gasteiger partial charge in [-0.05, 0) is 50.2 Å². The maximum Gasteiger partial charge on any atom is 0.343 e. The zero-order valence-corrected chi connectivity index (χ0v) is 15.6. The molecule has 1 aromatic carbocycles. The van der Waals surface area contributed by atoms with Crippen molar-refractivity contribution in [3.63, 3.8) is 0 Å². The average molecular weight is 378 g/mol. The highest BCUT2D eigenvalue weighted by molar-refractivity contribution is 6.02. The molecule has 0 amide bonds. The number of carbonyl (C=O) groups is 2. The minimum atomic E-state index is -1.03. The predicted octanol–water partition coefficient (Wildman–Crippen LogP) is 3.69. The van der Waals surface area contributed by atoms with Gasteiger partial charge < -0.3 is 13.9 Å². The van der Waals surface area contributed by atoms with Crippen LogP contribution in [-0.4, -0.2) is 29.5 Å². The summed E-state index contributed by atoms with van der Waals surface area (Å²) in [6, 6.07) is 12.0. The number of Topliss-reactive ketones (excluding diaryl/α,β-unsaturated/α-hetero) is 1. The lowest BCUT2D eigenvalue weighted by atomic mass is 10.1. The van der Waals surface area contributed by atoms with Gasteiger partial charge in [0.2, 0.25) is 11.7 Å². The van der Waals surface area contributed by atoms with Gasteiger partial charge in [-0.15, -0.1) is 0 Å². The Kier molecular flexibility index (Phi) is 5.32. The Balaban J connectivity index is 1.82. The molecule has 2 aromatic heterocycles. The fraction of sp³-hybridized carbons (Fsp3) is 0.190. The molecule has 0 fully saturated rings. The third-order valence-corrected chi connectivity index (χ3v) is 4.25. The van der Waals surface area contributed by atoms with Crippen molar-refractivity contribution in [1.82, 2.24) is 4.57 Å². The van der Waals surface area contributed by atoms with Crippen molar-refractivity contribution in [3.05, 3.63) is 71.2 Å². The van der Waals surface area contributed by atoms with Crippen molar-refractivity contribution in [2.45, 2.75) is 20.0 Å². The molecule has 0 aliphatic heterocycles. The number of ketones is 1. The Hall–Kier alpha value is -3.79. The smallest absolute Gasteiger partial charge is 0.343 e. The maximum atomic E-state index is 12.7.